The lowest BCUT2D eigenvalue weighted by Gasteiger charge is -2.00. The van der Waals surface area contributed by atoms with E-state index < -0.39 is 0 Å². The molecule has 0 bridgehead atoms. The van der Waals surface area contributed by atoms with Gasteiger partial charge in [0.15, 0.2) is 5.78 Å². The smallest absolute Gasteiger partial charge is 0.344 e. The first-order chi connectivity index (χ1) is 11.1. The molecule has 0 fully saturated rings. The topological polar surface area (TPSA) is 47.3 Å². The van der Waals surface area contributed by atoms with Crippen LogP contribution in [0.25, 0.3) is 28.0 Å². The first-order valence-corrected chi connectivity index (χ1v) is 7.46. The number of hydrogen-bond donors (Lipinski definition) is 0. The summed E-state index contributed by atoms with van der Waals surface area (Å²) in [5.74, 6) is 0.526. The third-order valence-electron chi connectivity index (χ3n) is 4.32. The first kappa shape index (κ1) is 13.7. The Hall–Kier alpha value is -2.94. The molecule has 1 heterocycles. The normalized spacial score (nSPS) is 13.3. The van der Waals surface area contributed by atoms with E-state index in [2.05, 4.69) is 0 Å². The molecule has 23 heavy (non-hydrogen) atoms. The molecular formula is C20H14O3. The Balaban J connectivity index is 2.11. The van der Waals surface area contributed by atoms with Gasteiger partial charge in [-0.1, -0.05) is 30.3 Å². The number of furan rings is 1. The van der Waals surface area contributed by atoms with E-state index in [1.165, 1.54) is 0 Å². The van der Waals surface area contributed by atoms with E-state index in [-0.39, 0.29) is 11.4 Å². The van der Waals surface area contributed by atoms with Gasteiger partial charge in [-0.15, -0.1) is 0 Å². The Kier molecular flexibility index (Phi) is 2.85. The van der Waals surface area contributed by atoms with Crippen LogP contribution in [0.4, 0.5) is 0 Å². The van der Waals surface area contributed by atoms with E-state index in [1.54, 1.807) is 12.1 Å². The quantitative estimate of drug-likeness (QED) is 0.672. The summed E-state index contributed by atoms with van der Waals surface area (Å²) in [5.41, 5.74) is 5.07. The lowest BCUT2D eigenvalue weighted by atomic mass is 10.0. The predicted octanol–water partition coefficient (Wildman–Crippen LogP) is 4.32. The lowest BCUT2D eigenvalue weighted by molar-refractivity contribution is 0.104. The summed E-state index contributed by atoms with van der Waals surface area (Å²) >= 11 is 0. The van der Waals surface area contributed by atoms with E-state index in [1.807, 2.05) is 50.2 Å². The van der Waals surface area contributed by atoms with Crippen molar-refractivity contribution >= 4 is 11.4 Å². The summed E-state index contributed by atoms with van der Waals surface area (Å²) in [6.07, 6.45) is 1.64. The van der Waals surface area contributed by atoms with Crippen LogP contribution in [0.2, 0.25) is 0 Å². The standard InChI is InChI=1S/C20H14O3/c1-11-8-16(21)18-12(2)9-17-15(10-14(11)18)19(20(22)23-17)13-6-4-3-5-7-13/h3-10H,1-2H3. The fourth-order valence-electron chi connectivity index (χ4n) is 3.25. The van der Waals surface area contributed by atoms with Gasteiger partial charge in [0, 0.05) is 11.1 Å². The molecule has 0 atom stereocenters. The molecule has 112 valence electrons. The third-order valence-corrected chi connectivity index (χ3v) is 4.32. The molecule has 0 saturated heterocycles. The van der Waals surface area contributed by atoms with E-state index in [0.29, 0.717) is 16.9 Å². The number of carbonyl (C=O) groups excluding carboxylic acids is 1. The minimum Gasteiger partial charge on any atom is -0.422 e. The first-order valence-electron chi connectivity index (χ1n) is 7.46. The zero-order valence-corrected chi connectivity index (χ0v) is 12.8. The van der Waals surface area contributed by atoms with Gasteiger partial charge < -0.3 is 4.42 Å². The van der Waals surface area contributed by atoms with Crippen LogP contribution in [0.15, 0.2) is 57.8 Å². The molecule has 0 amide bonds. The second-order valence-corrected chi connectivity index (χ2v) is 5.86. The van der Waals surface area contributed by atoms with Gasteiger partial charge in [0.05, 0.1) is 5.56 Å². The fraction of sp³-hybridized carbons (Fsp3) is 0.100. The Bertz CT molecular complexity index is 1010. The number of hydrogen-bond acceptors (Lipinski definition) is 3. The zero-order chi connectivity index (χ0) is 16.1. The molecular weight excluding hydrogens is 288 g/mol. The summed E-state index contributed by atoms with van der Waals surface area (Å²) in [5, 5.41) is 0. The molecule has 1 aliphatic heterocycles. The molecule has 4 rings (SSSR count). The number of benzene rings is 1. The van der Waals surface area contributed by atoms with Gasteiger partial charge >= 0.3 is 5.63 Å². The molecule has 0 saturated carbocycles. The Morgan fingerprint density at radius 2 is 1.61 bits per heavy atom. The molecule has 0 unspecified atom stereocenters. The van der Waals surface area contributed by atoms with Gasteiger partial charge in [-0.25, -0.2) is 4.79 Å². The third kappa shape index (κ3) is 1.97. The largest absolute Gasteiger partial charge is 0.422 e. The second kappa shape index (κ2) is 4.78. The van der Waals surface area contributed by atoms with Crippen LogP contribution in [0.1, 0.15) is 28.4 Å². The molecule has 3 nitrogen and oxygen atoms in total. The average Bonchev–Trinajstić information content (AvgIpc) is 2.91. The Labute approximate surface area is 133 Å². The summed E-state index contributed by atoms with van der Waals surface area (Å²) in [4.78, 5) is 24.5. The number of ketones is 1. The van der Waals surface area contributed by atoms with Crippen LogP contribution in [-0.4, -0.2) is 5.78 Å². The summed E-state index contributed by atoms with van der Waals surface area (Å²) in [7, 11) is 0. The molecule has 3 aliphatic rings. The molecule has 2 aliphatic carbocycles. The molecule has 3 heteroatoms. The van der Waals surface area contributed by atoms with E-state index in [9.17, 15) is 9.59 Å². The van der Waals surface area contributed by atoms with Gasteiger partial charge in [-0.2, -0.15) is 0 Å². The number of allylic oxidation sites excluding steroid dienone is 2. The highest BCUT2D eigenvalue weighted by Crippen LogP contribution is 2.38. The zero-order valence-electron chi connectivity index (χ0n) is 12.8. The van der Waals surface area contributed by atoms with Crippen LogP contribution in [0, 0.1) is 6.92 Å². The van der Waals surface area contributed by atoms with E-state index in [0.717, 1.165) is 27.8 Å². The van der Waals surface area contributed by atoms with Gasteiger partial charge in [0.2, 0.25) is 0 Å². The fourth-order valence-corrected chi connectivity index (χ4v) is 3.25. The molecule has 1 aromatic carbocycles. The number of carbonyl (C=O) groups is 1. The second-order valence-electron chi connectivity index (χ2n) is 5.86. The van der Waals surface area contributed by atoms with Crippen molar-refractivity contribution in [3.8, 4) is 22.5 Å². The van der Waals surface area contributed by atoms with Crippen molar-refractivity contribution in [1.82, 2.24) is 0 Å². The maximum atomic E-state index is 12.4. The minimum absolute atomic E-state index is 0.0104. The van der Waals surface area contributed by atoms with Crippen molar-refractivity contribution in [3.05, 3.63) is 75.7 Å². The van der Waals surface area contributed by atoms with Crippen molar-refractivity contribution in [3.63, 3.8) is 0 Å². The summed E-state index contributed by atoms with van der Waals surface area (Å²) < 4.78 is 5.46. The van der Waals surface area contributed by atoms with Gasteiger partial charge in [0.25, 0.3) is 0 Å². The van der Waals surface area contributed by atoms with Crippen molar-refractivity contribution < 1.29 is 9.21 Å². The van der Waals surface area contributed by atoms with Crippen LogP contribution in [0.3, 0.4) is 0 Å². The minimum atomic E-state index is -0.350. The SMILES string of the molecule is CC1=CC(=O)c2c(C)cc3oc(=O)c(-c4ccccc4)c-3cc21. The van der Waals surface area contributed by atoms with E-state index in [4.69, 9.17) is 4.42 Å². The number of rotatable bonds is 1. The molecule has 0 aromatic heterocycles. The van der Waals surface area contributed by atoms with Crippen LogP contribution in [-0.2, 0) is 0 Å². The van der Waals surface area contributed by atoms with Crippen molar-refractivity contribution in [2.24, 2.45) is 0 Å². The van der Waals surface area contributed by atoms with Gasteiger partial charge in [-0.3, -0.25) is 4.79 Å². The van der Waals surface area contributed by atoms with E-state index >= 15 is 0 Å². The molecule has 0 N–H and O–H groups in total. The lowest BCUT2D eigenvalue weighted by Crippen LogP contribution is -1.96. The van der Waals surface area contributed by atoms with Gasteiger partial charge in [-0.05, 0) is 54.3 Å². The Morgan fingerprint density at radius 1 is 0.870 bits per heavy atom. The van der Waals surface area contributed by atoms with Crippen molar-refractivity contribution in [2.45, 2.75) is 13.8 Å². The molecule has 0 radical (unpaired) electrons. The number of aryl methyl sites for hydroxylation is 1. The summed E-state index contributed by atoms with van der Waals surface area (Å²) in [6, 6.07) is 13.2. The molecule has 0 spiro atoms. The predicted molar refractivity (Wildman–Crippen MR) is 89.8 cm³/mol. The van der Waals surface area contributed by atoms with Crippen molar-refractivity contribution in [2.75, 3.05) is 0 Å². The highest BCUT2D eigenvalue weighted by molar-refractivity contribution is 6.17. The van der Waals surface area contributed by atoms with Crippen molar-refractivity contribution in [1.29, 1.82) is 0 Å². The monoisotopic (exact) mass is 302 g/mol. The van der Waals surface area contributed by atoms with Crippen LogP contribution < -0.4 is 5.63 Å². The van der Waals surface area contributed by atoms with Gasteiger partial charge in [0.1, 0.15) is 5.76 Å². The molecule has 1 aromatic rings. The highest BCUT2D eigenvalue weighted by atomic mass is 16.4. The average molecular weight is 302 g/mol. The maximum absolute atomic E-state index is 12.4. The summed E-state index contributed by atoms with van der Waals surface area (Å²) in [6.45, 7) is 3.78. The maximum Gasteiger partial charge on any atom is 0.344 e. The van der Waals surface area contributed by atoms with Crippen LogP contribution >= 0.6 is 0 Å². The highest BCUT2D eigenvalue weighted by Gasteiger charge is 2.25. The Morgan fingerprint density at radius 3 is 2.35 bits per heavy atom. The number of fused-ring (bicyclic) bond motifs is 2. The van der Waals surface area contributed by atoms with Crippen LogP contribution in [0.5, 0.6) is 0 Å².